The molecule has 72 valence electrons. The quantitative estimate of drug-likeness (QED) is 0.302. The minimum absolute atomic E-state index is 0.678. The maximum atomic E-state index is 9.05. The highest BCUT2D eigenvalue weighted by atomic mass is 16.4. The van der Waals surface area contributed by atoms with Gasteiger partial charge in [0.1, 0.15) is 24.4 Å². The molecule has 0 aliphatic rings. The van der Waals surface area contributed by atoms with Gasteiger partial charge in [-0.2, -0.15) is 0 Å². The van der Waals surface area contributed by atoms with Gasteiger partial charge in [0.25, 0.3) is 0 Å². The van der Waals surface area contributed by atoms with Gasteiger partial charge in [0.2, 0.25) is 0 Å². The van der Waals surface area contributed by atoms with Crippen LogP contribution in [0.1, 0.15) is 0 Å². The van der Waals surface area contributed by atoms with Crippen molar-refractivity contribution >= 4 is 0 Å². The van der Waals surface area contributed by atoms with Crippen LogP contribution in [0.2, 0.25) is 0 Å². The van der Waals surface area contributed by atoms with Gasteiger partial charge in [-0.05, 0) is 0 Å². The Morgan fingerprint density at radius 1 is 1.08 bits per heavy atom. The first-order valence-electron chi connectivity index (χ1n) is 3.50. The molecule has 0 rings (SSSR count). The standard InChI is InChI=1S/C7H14O5/c1-2-4(9)6(11)7(12)5(10)3-8/h2,4-12H,1,3H2/t4-,5?,6-,7?/m1/s1. The van der Waals surface area contributed by atoms with E-state index in [-0.39, 0.29) is 0 Å². The smallest absolute Gasteiger partial charge is 0.112 e. The van der Waals surface area contributed by atoms with E-state index in [9.17, 15) is 0 Å². The maximum Gasteiger partial charge on any atom is 0.112 e. The van der Waals surface area contributed by atoms with Crippen LogP contribution in [0.15, 0.2) is 12.7 Å². The summed E-state index contributed by atoms with van der Waals surface area (Å²) >= 11 is 0. The third-order valence-electron chi connectivity index (χ3n) is 1.52. The number of aliphatic hydroxyl groups is 5. The lowest BCUT2D eigenvalue weighted by molar-refractivity contribution is -0.104. The van der Waals surface area contributed by atoms with Gasteiger partial charge in [0.15, 0.2) is 0 Å². The Labute approximate surface area is 70.2 Å². The van der Waals surface area contributed by atoms with E-state index in [1.54, 1.807) is 0 Å². The van der Waals surface area contributed by atoms with Gasteiger partial charge < -0.3 is 25.5 Å². The molecular formula is C7H14O5. The van der Waals surface area contributed by atoms with Crippen molar-refractivity contribution in [3.8, 4) is 0 Å². The van der Waals surface area contributed by atoms with Gasteiger partial charge in [-0.15, -0.1) is 6.58 Å². The SMILES string of the molecule is C=C[C@@H](O)[C@@H](O)C(O)C(O)CO. The molecule has 0 aromatic rings. The van der Waals surface area contributed by atoms with Crippen molar-refractivity contribution in [3.63, 3.8) is 0 Å². The summed E-state index contributed by atoms with van der Waals surface area (Å²) in [4.78, 5) is 0. The van der Waals surface area contributed by atoms with Gasteiger partial charge in [0.05, 0.1) is 6.61 Å². The summed E-state index contributed by atoms with van der Waals surface area (Å²) < 4.78 is 0. The van der Waals surface area contributed by atoms with Crippen LogP contribution in [0.4, 0.5) is 0 Å². The number of aliphatic hydroxyl groups excluding tert-OH is 5. The Kier molecular flexibility index (Phi) is 5.03. The molecule has 0 fully saturated rings. The van der Waals surface area contributed by atoms with Crippen LogP contribution in [0, 0.1) is 0 Å². The second-order valence-corrected chi connectivity index (χ2v) is 2.46. The second kappa shape index (κ2) is 5.23. The number of hydrogen-bond donors (Lipinski definition) is 5. The first-order valence-corrected chi connectivity index (χ1v) is 3.50. The summed E-state index contributed by atoms with van der Waals surface area (Å²) in [6, 6.07) is 0. The van der Waals surface area contributed by atoms with Crippen molar-refractivity contribution in [2.45, 2.75) is 24.4 Å². The predicted molar refractivity (Wildman–Crippen MR) is 41.3 cm³/mol. The number of hydrogen-bond acceptors (Lipinski definition) is 5. The Balaban J connectivity index is 4.07. The Hall–Kier alpha value is -0.460. The lowest BCUT2D eigenvalue weighted by Gasteiger charge is -2.23. The summed E-state index contributed by atoms with van der Waals surface area (Å²) in [6.45, 7) is 2.51. The molecule has 4 atom stereocenters. The molecule has 0 amide bonds. The number of rotatable bonds is 5. The van der Waals surface area contributed by atoms with E-state index in [1.165, 1.54) is 0 Å². The van der Waals surface area contributed by atoms with Gasteiger partial charge >= 0.3 is 0 Å². The van der Waals surface area contributed by atoms with Gasteiger partial charge in [-0.25, -0.2) is 0 Å². The zero-order valence-corrected chi connectivity index (χ0v) is 6.54. The molecule has 12 heavy (non-hydrogen) atoms. The van der Waals surface area contributed by atoms with Gasteiger partial charge in [0, 0.05) is 0 Å². The predicted octanol–water partition coefficient (Wildman–Crippen LogP) is -2.39. The van der Waals surface area contributed by atoms with Crippen LogP contribution in [-0.2, 0) is 0 Å². The molecule has 0 saturated carbocycles. The Bertz CT molecular complexity index is 138. The summed E-state index contributed by atoms with van der Waals surface area (Å²) in [5.41, 5.74) is 0. The van der Waals surface area contributed by atoms with E-state index in [1.807, 2.05) is 0 Å². The highest BCUT2D eigenvalue weighted by molar-refractivity contribution is 4.90. The topological polar surface area (TPSA) is 101 Å². The molecular weight excluding hydrogens is 164 g/mol. The molecule has 0 aliphatic carbocycles. The fourth-order valence-corrected chi connectivity index (χ4v) is 0.677. The van der Waals surface area contributed by atoms with Crippen molar-refractivity contribution in [1.29, 1.82) is 0 Å². The minimum Gasteiger partial charge on any atom is -0.394 e. The largest absolute Gasteiger partial charge is 0.394 e. The maximum absolute atomic E-state index is 9.05. The van der Waals surface area contributed by atoms with Crippen LogP contribution in [0.25, 0.3) is 0 Å². The molecule has 5 heteroatoms. The molecule has 0 aromatic carbocycles. The van der Waals surface area contributed by atoms with E-state index >= 15 is 0 Å². The fourth-order valence-electron chi connectivity index (χ4n) is 0.677. The third-order valence-corrected chi connectivity index (χ3v) is 1.52. The van der Waals surface area contributed by atoms with Crippen LogP contribution in [-0.4, -0.2) is 56.6 Å². The average molecular weight is 178 g/mol. The third kappa shape index (κ3) is 2.88. The van der Waals surface area contributed by atoms with E-state index < -0.39 is 31.0 Å². The van der Waals surface area contributed by atoms with E-state index in [4.69, 9.17) is 25.5 Å². The van der Waals surface area contributed by atoms with E-state index in [0.29, 0.717) is 0 Å². The van der Waals surface area contributed by atoms with Crippen molar-refractivity contribution in [1.82, 2.24) is 0 Å². The van der Waals surface area contributed by atoms with Gasteiger partial charge in [-0.1, -0.05) is 6.08 Å². The molecule has 0 aromatic heterocycles. The first kappa shape index (κ1) is 11.5. The zero-order chi connectivity index (χ0) is 9.72. The summed E-state index contributed by atoms with van der Waals surface area (Å²) in [7, 11) is 0. The fraction of sp³-hybridized carbons (Fsp3) is 0.714. The van der Waals surface area contributed by atoms with Crippen LogP contribution in [0.3, 0.4) is 0 Å². The van der Waals surface area contributed by atoms with Crippen molar-refractivity contribution in [3.05, 3.63) is 12.7 Å². The van der Waals surface area contributed by atoms with Crippen LogP contribution >= 0.6 is 0 Å². The van der Waals surface area contributed by atoms with Crippen molar-refractivity contribution in [2.24, 2.45) is 0 Å². The zero-order valence-electron chi connectivity index (χ0n) is 6.54. The molecule has 0 bridgehead atoms. The lowest BCUT2D eigenvalue weighted by Crippen LogP contribution is -2.45. The minimum atomic E-state index is -1.58. The summed E-state index contributed by atoms with van der Waals surface area (Å²) in [5, 5.41) is 44.2. The molecule has 0 aliphatic heterocycles. The highest BCUT2D eigenvalue weighted by Gasteiger charge is 2.28. The van der Waals surface area contributed by atoms with E-state index in [2.05, 4.69) is 6.58 Å². The van der Waals surface area contributed by atoms with Crippen molar-refractivity contribution in [2.75, 3.05) is 6.61 Å². The molecule has 2 unspecified atom stereocenters. The average Bonchev–Trinajstić information content (AvgIpc) is 2.12. The highest BCUT2D eigenvalue weighted by Crippen LogP contribution is 2.04. The molecule has 5 N–H and O–H groups in total. The van der Waals surface area contributed by atoms with Crippen LogP contribution in [0.5, 0.6) is 0 Å². The van der Waals surface area contributed by atoms with E-state index in [0.717, 1.165) is 6.08 Å². The summed E-state index contributed by atoms with van der Waals surface area (Å²) in [5.74, 6) is 0. The molecule has 0 spiro atoms. The molecule has 5 nitrogen and oxygen atoms in total. The molecule has 0 radical (unpaired) electrons. The lowest BCUT2D eigenvalue weighted by atomic mass is 10.0. The second-order valence-electron chi connectivity index (χ2n) is 2.46. The summed E-state index contributed by atoms with van der Waals surface area (Å²) in [6.07, 6.45) is -4.87. The first-order chi connectivity index (χ1) is 5.54. The Morgan fingerprint density at radius 3 is 1.92 bits per heavy atom. The van der Waals surface area contributed by atoms with Gasteiger partial charge in [-0.3, -0.25) is 0 Å². The molecule has 0 heterocycles. The molecule has 0 saturated heterocycles. The monoisotopic (exact) mass is 178 g/mol. The van der Waals surface area contributed by atoms with Crippen molar-refractivity contribution < 1.29 is 25.5 Å². The normalized spacial score (nSPS) is 21.1. The van der Waals surface area contributed by atoms with Crippen LogP contribution < -0.4 is 0 Å². The Morgan fingerprint density at radius 2 is 1.58 bits per heavy atom.